The number of ether oxygens (including phenoxy) is 1. The minimum atomic E-state index is -2.53. The van der Waals surface area contributed by atoms with Crippen molar-refractivity contribution in [2.24, 2.45) is 10.7 Å². The molecule has 0 atom stereocenters. The van der Waals surface area contributed by atoms with Gasteiger partial charge in [-0.15, -0.1) is 24.0 Å². The van der Waals surface area contributed by atoms with Crippen LogP contribution in [0.25, 0.3) is 0 Å². The maximum atomic E-state index is 12.0. The van der Waals surface area contributed by atoms with Crippen molar-refractivity contribution >= 4 is 29.9 Å². The average Bonchev–Trinajstić information content (AvgIpc) is 2.41. The zero-order chi connectivity index (χ0) is 15.0. The SMILES string of the molecule is C=C(C)CNC(N)=NCc1cccc(OCC(F)F)n1.I. The summed E-state index contributed by atoms with van der Waals surface area (Å²) in [5.41, 5.74) is 7.16. The number of hydrogen-bond donors (Lipinski definition) is 2. The number of pyridine rings is 1. The van der Waals surface area contributed by atoms with Gasteiger partial charge in [-0.3, -0.25) is 0 Å². The molecule has 21 heavy (non-hydrogen) atoms. The van der Waals surface area contributed by atoms with E-state index in [1.807, 2.05) is 6.92 Å². The van der Waals surface area contributed by atoms with Crippen LogP contribution in [0.15, 0.2) is 35.3 Å². The second kappa shape index (κ2) is 10.3. The summed E-state index contributed by atoms with van der Waals surface area (Å²) in [6.07, 6.45) is -2.53. The lowest BCUT2D eigenvalue weighted by Crippen LogP contribution is -2.32. The van der Waals surface area contributed by atoms with Gasteiger partial charge in [0.05, 0.1) is 12.2 Å². The normalized spacial score (nSPS) is 11.0. The van der Waals surface area contributed by atoms with Crippen LogP contribution in [0, 0.1) is 0 Å². The van der Waals surface area contributed by atoms with Crippen LogP contribution in [-0.2, 0) is 6.54 Å². The molecule has 1 heterocycles. The van der Waals surface area contributed by atoms with Crippen molar-refractivity contribution < 1.29 is 13.5 Å². The fourth-order valence-corrected chi connectivity index (χ4v) is 1.24. The topological polar surface area (TPSA) is 72.5 Å². The van der Waals surface area contributed by atoms with Crippen LogP contribution in [0.4, 0.5) is 8.78 Å². The van der Waals surface area contributed by atoms with Gasteiger partial charge < -0.3 is 15.8 Å². The lowest BCUT2D eigenvalue weighted by molar-refractivity contribution is 0.0795. The highest BCUT2D eigenvalue weighted by Gasteiger charge is 2.05. The summed E-state index contributed by atoms with van der Waals surface area (Å²) in [4.78, 5) is 8.13. The van der Waals surface area contributed by atoms with E-state index >= 15 is 0 Å². The fraction of sp³-hybridized carbons (Fsp3) is 0.385. The Bertz CT molecular complexity index is 483. The molecule has 0 unspecified atom stereocenters. The number of aliphatic imine (C=N–C) groups is 1. The van der Waals surface area contributed by atoms with Crippen molar-refractivity contribution in [2.45, 2.75) is 19.9 Å². The molecule has 0 aliphatic carbocycles. The summed E-state index contributed by atoms with van der Waals surface area (Å²) in [5.74, 6) is 0.417. The Kier molecular flexibility index (Phi) is 9.59. The number of guanidine groups is 1. The average molecular weight is 412 g/mol. The number of nitrogens with one attached hydrogen (secondary N) is 1. The molecular formula is C13H19F2IN4O. The van der Waals surface area contributed by atoms with Crippen LogP contribution in [0.2, 0.25) is 0 Å². The zero-order valence-corrected chi connectivity index (χ0v) is 14.0. The first-order valence-electron chi connectivity index (χ1n) is 6.02. The molecule has 0 spiro atoms. The summed E-state index contributed by atoms with van der Waals surface area (Å²) in [6, 6.07) is 4.89. The first-order chi connectivity index (χ1) is 9.47. The van der Waals surface area contributed by atoms with Gasteiger partial charge in [-0.2, -0.15) is 0 Å². The Morgan fingerprint density at radius 1 is 1.52 bits per heavy atom. The van der Waals surface area contributed by atoms with Gasteiger partial charge in [0, 0.05) is 12.6 Å². The molecule has 0 fully saturated rings. The van der Waals surface area contributed by atoms with Gasteiger partial charge >= 0.3 is 0 Å². The minimum Gasteiger partial charge on any atom is -0.472 e. The van der Waals surface area contributed by atoms with Gasteiger partial charge in [-0.25, -0.2) is 18.8 Å². The first-order valence-corrected chi connectivity index (χ1v) is 6.02. The van der Waals surface area contributed by atoms with Crippen molar-refractivity contribution in [1.29, 1.82) is 0 Å². The number of rotatable bonds is 7. The van der Waals surface area contributed by atoms with Crippen molar-refractivity contribution in [3.63, 3.8) is 0 Å². The highest BCUT2D eigenvalue weighted by atomic mass is 127. The zero-order valence-electron chi connectivity index (χ0n) is 11.7. The second-order valence-corrected chi connectivity index (χ2v) is 4.18. The number of hydrogen-bond acceptors (Lipinski definition) is 3. The quantitative estimate of drug-likeness (QED) is 0.312. The van der Waals surface area contributed by atoms with Gasteiger partial charge in [-0.05, 0) is 13.0 Å². The van der Waals surface area contributed by atoms with Crippen molar-refractivity contribution in [3.8, 4) is 5.88 Å². The van der Waals surface area contributed by atoms with E-state index in [0.717, 1.165) is 5.57 Å². The Labute approximate surface area is 139 Å². The number of nitrogens with zero attached hydrogens (tertiary/aromatic N) is 2. The molecule has 8 heteroatoms. The van der Waals surface area contributed by atoms with Crippen LogP contribution in [-0.4, -0.2) is 30.5 Å². The van der Waals surface area contributed by atoms with Crippen LogP contribution in [0.5, 0.6) is 5.88 Å². The molecule has 1 aromatic rings. The van der Waals surface area contributed by atoms with Gasteiger partial charge in [0.1, 0.15) is 0 Å². The highest BCUT2D eigenvalue weighted by Crippen LogP contribution is 2.09. The van der Waals surface area contributed by atoms with Crippen LogP contribution in [0.3, 0.4) is 0 Å². The third kappa shape index (κ3) is 9.16. The third-order valence-electron chi connectivity index (χ3n) is 2.12. The summed E-state index contributed by atoms with van der Waals surface area (Å²) >= 11 is 0. The van der Waals surface area contributed by atoms with Crippen LogP contribution in [0.1, 0.15) is 12.6 Å². The predicted octanol–water partition coefficient (Wildman–Crippen LogP) is 2.32. The summed E-state index contributed by atoms with van der Waals surface area (Å²) < 4.78 is 28.9. The molecule has 0 saturated carbocycles. The molecule has 3 N–H and O–H groups in total. The molecule has 0 amide bonds. The van der Waals surface area contributed by atoms with Crippen molar-refractivity contribution in [2.75, 3.05) is 13.2 Å². The lowest BCUT2D eigenvalue weighted by Gasteiger charge is -2.06. The van der Waals surface area contributed by atoms with E-state index < -0.39 is 13.0 Å². The third-order valence-corrected chi connectivity index (χ3v) is 2.12. The van der Waals surface area contributed by atoms with E-state index in [2.05, 4.69) is 21.9 Å². The molecular weight excluding hydrogens is 393 g/mol. The van der Waals surface area contributed by atoms with Crippen LogP contribution >= 0.6 is 24.0 Å². The van der Waals surface area contributed by atoms with E-state index in [4.69, 9.17) is 10.5 Å². The maximum Gasteiger partial charge on any atom is 0.272 e. The molecule has 118 valence electrons. The van der Waals surface area contributed by atoms with Crippen molar-refractivity contribution in [3.05, 3.63) is 36.0 Å². The standard InChI is InChI=1S/C13H18F2N4O.HI/c1-9(2)6-17-13(16)18-7-10-4-3-5-12(19-10)20-8-11(14)15;/h3-5,11H,1,6-8H2,2H3,(H3,16,17,18);1H. The number of alkyl halides is 2. The molecule has 5 nitrogen and oxygen atoms in total. The van der Waals surface area contributed by atoms with Crippen molar-refractivity contribution in [1.82, 2.24) is 10.3 Å². The van der Waals surface area contributed by atoms with E-state index in [1.165, 1.54) is 6.07 Å². The molecule has 0 bridgehead atoms. The summed E-state index contributed by atoms with van der Waals surface area (Å²) in [6.45, 7) is 5.70. The largest absolute Gasteiger partial charge is 0.472 e. The van der Waals surface area contributed by atoms with E-state index in [9.17, 15) is 8.78 Å². The van der Waals surface area contributed by atoms with Crippen LogP contribution < -0.4 is 15.8 Å². The second-order valence-electron chi connectivity index (χ2n) is 4.18. The Morgan fingerprint density at radius 3 is 2.86 bits per heavy atom. The maximum absolute atomic E-state index is 12.0. The molecule has 0 radical (unpaired) electrons. The Balaban J connectivity index is 0.00000400. The Morgan fingerprint density at radius 2 is 2.24 bits per heavy atom. The van der Waals surface area contributed by atoms with Gasteiger partial charge in [0.2, 0.25) is 5.88 Å². The molecule has 1 aromatic heterocycles. The van der Waals surface area contributed by atoms with E-state index in [1.54, 1.807) is 12.1 Å². The first kappa shape index (κ1) is 19.6. The fourth-order valence-electron chi connectivity index (χ4n) is 1.24. The van der Waals surface area contributed by atoms with Gasteiger partial charge in [0.15, 0.2) is 12.6 Å². The summed E-state index contributed by atoms with van der Waals surface area (Å²) in [7, 11) is 0. The minimum absolute atomic E-state index is 0. The molecule has 1 rings (SSSR count). The number of halogens is 3. The molecule has 0 aromatic carbocycles. The van der Waals surface area contributed by atoms with Gasteiger partial charge in [0.25, 0.3) is 6.43 Å². The highest BCUT2D eigenvalue weighted by molar-refractivity contribution is 14.0. The smallest absolute Gasteiger partial charge is 0.272 e. The molecule has 0 aliphatic rings. The molecule has 0 saturated heterocycles. The predicted molar refractivity (Wildman–Crippen MR) is 89.3 cm³/mol. The summed E-state index contributed by atoms with van der Waals surface area (Å²) in [5, 5.41) is 2.88. The monoisotopic (exact) mass is 412 g/mol. The number of aromatic nitrogens is 1. The lowest BCUT2D eigenvalue weighted by atomic mass is 10.3. The van der Waals surface area contributed by atoms with Gasteiger partial charge in [-0.1, -0.05) is 18.2 Å². The van der Waals surface area contributed by atoms with E-state index in [0.29, 0.717) is 12.2 Å². The van der Waals surface area contributed by atoms with E-state index in [-0.39, 0.29) is 42.4 Å². The molecule has 0 aliphatic heterocycles. The Hall–Kier alpha value is -1.45. The number of nitrogens with two attached hydrogens (primary N) is 1.